The fourth-order valence-electron chi connectivity index (χ4n) is 3.97. The second kappa shape index (κ2) is 6.88. The maximum atomic E-state index is 12.6. The monoisotopic (exact) mass is 381 g/mol. The van der Waals surface area contributed by atoms with Crippen molar-refractivity contribution < 1.29 is 22.7 Å². The number of carbonyl (C=O) groups excluding carboxylic acids is 1. The molecule has 148 valence electrons. The van der Waals surface area contributed by atoms with Crippen LogP contribution in [0.4, 0.5) is 18.0 Å². The van der Waals surface area contributed by atoms with Crippen molar-refractivity contribution in [3.63, 3.8) is 0 Å². The molecule has 0 aromatic heterocycles. The van der Waals surface area contributed by atoms with Crippen molar-refractivity contribution in [1.82, 2.24) is 4.90 Å². The number of hydrogen-bond donors (Lipinski definition) is 0. The zero-order valence-corrected chi connectivity index (χ0v) is 16.0. The molecule has 3 nitrogen and oxygen atoms in total. The molecule has 1 amide bonds. The number of likely N-dealkylation sites (tertiary alicyclic amines) is 1. The summed E-state index contributed by atoms with van der Waals surface area (Å²) in [5.41, 5.74) is -0.174. The highest BCUT2D eigenvalue weighted by atomic mass is 19.4. The Morgan fingerprint density at radius 1 is 1.19 bits per heavy atom. The van der Waals surface area contributed by atoms with Gasteiger partial charge in [0.15, 0.2) is 0 Å². The van der Waals surface area contributed by atoms with Gasteiger partial charge in [0.25, 0.3) is 0 Å². The molecular formula is C21H26F3NO2. The van der Waals surface area contributed by atoms with E-state index in [0.29, 0.717) is 5.92 Å². The first-order valence-electron chi connectivity index (χ1n) is 9.29. The Morgan fingerprint density at radius 2 is 1.81 bits per heavy atom. The van der Waals surface area contributed by atoms with Gasteiger partial charge in [0.1, 0.15) is 5.60 Å². The Bertz CT molecular complexity index is 710. The molecule has 1 aliphatic heterocycles. The number of carbonyl (C=O) groups is 1. The third-order valence-corrected chi connectivity index (χ3v) is 5.28. The first kappa shape index (κ1) is 19.8. The molecule has 2 fully saturated rings. The number of halogens is 3. The quantitative estimate of drug-likeness (QED) is 0.652. The average Bonchev–Trinajstić information content (AvgIpc) is 2.95. The Hall–Kier alpha value is -1.98. The van der Waals surface area contributed by atoms with E-state index < -0.39 is 17.3 Å². The van der Waals surface area contributed by atoms with Crippen LogP contribution in [0.15, 0.2) is 30.3 Å². The summed E-state index contributed by atoms with van der Waals surface area (Å²) < 4.78 is 43.2. The highest BCUT2D eigenvalue weighted by Crippen LogP contribution is 2.52. The molecule has 0 radical (unpaired) electrons. The van der Waals surface area contributed by atoms with Crippen LogP contribution in [0.25, 0.3) is 6.08 Å². The summed E-state index contributed by atoms with van der Waals surface area (Å²) in [7, 11) is 0. The van der Waals surface area contributed by atoms with E-state index in [-0.39, 0.29) is 11.5 Å². The summed E-state index contributed by atoms with van der Waals surface area (Å²) in [6.07, 6.45) is 2.40. The van der Waals surface area contributed by atoms with E-state index in [0.717, 1.165) is 50.0 Å². The lowest BCUT2D eigenvalue weighted by Gasteiger charge is -2.44. The fourth-order valence-corrected chi connectivity index (χ4v) is 3.97. The van der Waals surface area contributed by atoms with Gasteiger partial charge in [0.05, 0.1) is 5.56 Å². The van der Waals surface area contributed by atoms with Crippen LogP contribution in [0.2, 0.25) is 0 Å². The van der Waals surface area contributed by atoms with E-state index in [2.05, 4.69) is 6.08 Å². The summed E-state index contributed by atoms with van der Waals surface area (Å²) in [4.78, 5) is 14.0. The van der Waals surface area contributed by atoms with Crippen molar-refractivity contribution >= 4 is 12.2 Å². The number of nitrogens with zero attached hydrogens (tertiary/aromatic N) is 1. The normalized spacial score (nSPS) is 25.9. The van der Waals surface area contributed by atoms with Gasteiger partial charge in [0, 0.05) is 13.1 Å². The molecule has 0 N–H and O–H groups in total. The number of rotatable bonds is 2. The van der Waals surface area contributed by atoms with Crippen molar-refractivity contribution in [2.75, 3.05) is 13.1 Å². The largest absolute Gasteiger partial charge is 0.444 e. The third kappa shape index (κ3) is 4.85. The molecule has 1 saturated heterocycles. The molecule has 1 aliphatic carbocycles. The predicted molar refractivity (Wildman–Crippen MR) is 98.1 cm³/mol. The zero-order valence-electron chi connectivity index (χ0n) is 16.0. The standard InChI is InChI=1S/C21H26F3NO2/c1-19(2,3)27-18(26)25-11-10-20(14-25)12-16(13-20)5-4-15-6-8-17(9-7-15)21(22,23)24/h4-9,16H,10-14H2,1-3H3. The fraction of sp³-hybridized carbons (Fsp3) is 0.571. The van der Waals surface area contributed by atoms with Crippen LogP contribution in [0.1, 0.15) is 51.2 Å². The minimum Gasteiger partial charge on any atom is -0.444 e. The maximum Gasteiger partial charge on any atom is 0.416 e. The lowest BCUT2D eigenvalue weighted by Crippen LogP contribution is -2.41. The number of alkyl halides is 3. The molecule has 27 heavy (non-hydrogen) atoms. The van der Waals surface area contributed by atoms with Crippen molar-refractivity contribution in [1.29, 1.82) is 0 Å². The van der Waals surface area contributed by atoms with Gasteiger partial charge in [0.2, 0.25) is 0 Å². The Labute approximate surface area is 158 Å². The second-order valence-corrected chi connectivity index (χ2v) is 8.80. The molecule has 3 rings (SSSR count). The number of benzene rings is 1. The average molecular weight is 381 g/mol. The summed E-state index contributed by atoms with van der Waals surface area (Å²) in [5, 5.41) is 0. The molecule has 2 aliphatic rings. The van der Waals surface area contributed by atoms with E-state index in [1.54, 1.807) is 4.90 Å². The number of allylic oxidation sites excluding steroid dienone is 1. The number of ether oxygens (including phenoxy) is 1. The molecule has 0 atom stereocenters. The molecule has 1 saturated carbocycles. The van der Waals surface area contributed by atoms with E-state index in [1.165, 1.54) is 12.1 Å². The Kier molecular flexibility index (Phi) is 5.04. The van der Waals surface area contributed by atoms with E-state index in [1.807, 2.05) is 26.8 Å². The van der Waals surface area contributed by atoms with Gasteiger partial charge in [-0.3, -0.25) is 0 Å². The highest BCUT2D eigenvalue weighted by molar-refractivity contribution is 5.68. The summed E-state index contributed by atoms with van der Waals surface area (Å²) in [5.74, 6) is 0.408. The molecule has 0 unspecified atom stereocenters. The lowest BCUT2D eigenvalue weighted by atomic mass is 9.61. The molecule has 1 heterocycles. The van der Waals surface area contributed by atoms with Gasteiger partial charge < -0.3 is 9.64 Å². The van der Waals surface area contributed by atoms with Crippen LogP contribution in [0.3, 0.4) is 0 Å². The van der Waals surface area contributed by atoms with Gasteiger partial charge >= 0.3 is 12.3 Å². The van der Waals surface area contributed by atoms with Crippen LogP contribution in [0, 0.1) is 11.3 Å². The maximum absolute atomic E-state index is 12.6. The summed E-state index contributed by atoms with van der Waals surface area (Å²) in [6.45, 7) is 7.04. The Balaban J connectivity index is 1.50. The highest BCUT2D eigenvalue weighted by Gasteiger charge is 2.49. The van der Waals surface area contributed by atoms with Crippen LogP contribution in [0.5, 0.6) is 0 Å². The van der Waals surface area contributed by atoms with Crippen molar-refractivity contribution in [3.05, 3.63) is 41.5 Å². The molecule has 1 aromatic rings. The smallest absolute Gasteiger partial charge is 0.416 e. The predicted octanol–water partition coefficient (Wildman–Crippen LogP) is 5.76. The van der Waals surface area contributed by atoms with Crippen molar-refractivity contribution in [2.24, 2.45) is 11.3 Å². The first-order chi connectivity index (χ1) is 12.5. The second-order valence-electron chi connectivity index (χ2n) is 8.80. The number of hydrogen-bond acceptors (Lipinski definition) is 2. The minimum atomic E-state index is -4.30. The summed E-state index contributed by atoms with van der Waals surface area (Å²) >= 11 is 0. The molecule has 1 aromatic carbocycles. The van der Waals surface area contributed by atoms with Crippen molar-refractivity contribution in [2.45, 2.75) is 51.8 Å². The molecule has 6 heteroatoms. The van der Waals surface area contributed by atoms with Gasteiger partial charge in [-0.15, -0.1) is 0 Å². The van der Waals surface area contributed by atoms with E-state index in [9.17, 15) is 18.0 Å². The van der Waals surface area contributed by atoms with E-state index >= 15 is 0 Å². The minimum absolute atomic E-state index is 0.173. The van der Waals surface area contributed by atoms with Crippen LogP contribution < -0.4 is 0 Å². The zero-order chi connectivity index (χ0) is 19.9. The Morgan fingerprint density at radius 3 is 2.37 bits per heavy atom. The molecule has 1 spiro atoms. The third-order valence-electron chi connectivity index (χ3n) is 5.28. The van der Waals surface area contributed by atoms with Gasteiger partial charge in [-0.1, -0.05) is 24.3 Å². The van der Waals surface area contributed by atoms with Gasteiger partial charge in [-0.2, -0.15) is 13.2 Å². The van der Waals surface area contributed by atoms with Crippen molar-refractivity contribution in [3.8, 4) is 0 Å². The number of amides is 1. The van der Waals surface area contributed by atoms with E-state index in [4.69, 9.17) is 4.74 Å². The lowest BCUT2D eigenvalue weighted by molar-refractivity contribution is -0.137. The first-order valence-corrected chi connectivity index (χ1v) is 9.29. The van der Waals surface area contributed by atoms with Crippen LogP contribution in [-0.2, 0) is 10.9 Å². The van der Waals surface area contributed by atoms with Gasteiger partial charge in [-0.05, 0) is 69.1 Å². The topological polar surface area (TPSA) is 29.5 Å². The molecule has 0 bridgehead atoms. The molecular weight excluding hydrogens is 355 g/mol. The SMILES string of the molecule is CC(C)(C)OC(=O)N1CCC2(CC(C=Cc3ccc(C(F)(F)F)cc3)C2)C1. The van der Waals surface area contributed by atoms with Crippen LogP contribution in [-0.4, -0.2) is 29.7 Å². The van der Waals surface area contributed by atoms with Crippen LogP contribution >= 0.6 is 0 Å². The van der Waals surface area contributed by atoms with Gasteiger partial charge in [-0.25, -0.2) is 4.79 Å². The summed E-state index contributed by atoms with van der Waals surface area (Å²) in [6, 6.07) is 5.20.